The number of esters is 1. The minimum Gasteiger partial charge on any atom is -0.451 e. The smallest absolute Gasteiger partial charge is 0.361 e. The third-order valence-corrected chi connectivity index (χ3v) is 7.45. The number of hydrogen-bond acceptors (Lipinski definition) is 8. The van der Waals surface area contributed by atoms with Gasteiger partial charge in [-0.05, 0) is 43.7 Å². The number of nitrogens with zero attached hydrogens (tertiary/aromatic N) is 2. The first-order chi connectivity index (χ1) is 16.8. The van der Waals surface area contributed by atoms with E-state index in [2.05, 4.69) is 10.3 Å². The Kier molecular flexibility index (Phi) is 7.29. The molecule has 1 aromatic heterocycles. The summed E-state index contributed by atoms with van der Waals surface area (Å²) in [6, 6.07) is 13.7. The van der Waals surface area contributed by atoms with Gasteiger partial charge in [0.05, 0.1) is 18.1 Å². The van der Waals surface area contributed by atoms with E-state index in [9.17, 15) is 18.0 Å². The van der Waals surface area contributed by atoms with Gasteiger partial charge < -0.3 is 19.2 Å². The second-order valence-corrected chi connectivity index (χ2v) is 9.82. The van der Waals surface area contributed by atoms with E-state index in [4.69, 9.17) is 13.9 Å². The minimum absolute atomic E-state index is 0.0223. The Morgan fingerprint density at radius 2 is 1.80 bits per heavy atom. The van der Waals surface area contributed by atoms with Crippen LogP contribution < -0.4 is 5.32 Å². The van der Waals surface area contributed by atoms with Gasteiger partial charge in [-0.25, -0.2) is 18.2 Å². The zero-order chi connectivity index (χ0) is 25.0. The highest BCUT2D eigenvalue weighted by Crippen LogP contribution is 2.25. The molecule has 1 aliphatic rings. The molecular weight excluding hydrogens is 474 g/mol. The molecule has 3 aromatic rings. The summed E-state index contributed by atoms with van der Waals surface area (Å²) in [4.78, 5) is 29.1. The lowest BCUT2D eigenvalue weighted by Gasteiger charge is -2.26. The first-order valence-corrected chi connectivity index (χ1v) is 12.4. The van der Waals surface area contributed by atoms with E-state index < -0.39 is 28.5 Å². The molecule has 0 spiro atoms. The number of morpholine rings is 1. The number of ether oxygens (including phenoxy) is 2. The van der Waals surface area contributed by atoms with E-state index in [1.807, 2.05) is 18.2 Å². The molecule has 4 rings (SSSR count). The summed E-state index contributed by atoms with van der Waals surface area (Å²) in [5, 5.41) is 2.57. The van der Waals surface area contributed by atoms with Crippen molar-refractivity contribution in [3.8, 4) is 11.5 Å². The van der Waals surface area contributed by atoms with Crippen molar-refractivity contribution < 1.29 is 31.9 Å². The number of amides is 1. The van der Waals surface area contributed by atoms with E-state index >= 15 is 0 Å². The summed E-state index contributed by atoms with van der Waals surface area (Å²) in [7, 11) is -3.74. The second kappa shape index (κ2) is 10.4. The molecule has 0 aliphatic carbocycles. The predicted molar refractivity (Wildman–Crippen MR) is 126 cm³/mol. The maximum absolute atomic E-state index is 13.0. The van der Waals surface area contributed by atoms with E-state index in [0.29, 0.717) is 24.3 Å². The summed E-state index contributed by atoms with van der Waals surface area (Å²) in [6.45, 7) is 3.88. The van der Waals surface area contributed by atoms with Crippen molar-refractivity contribution in [1.82, 2.24) is 9.29 Å². The number of benzene rings is 2. The number of nitrogens with one attached hydrogen (secondary N) is 1. The maximum Gasteiger partial charge on any atom is 0.361 e. The molecule has 184 valence electrons. The molecule has 35 heavy (non-hydrogen) atoms. The van der Waals surface area contributed by atoms with Gasteiger partial charge in [0.25, 0.3) is 5.91 Å². The van der Waals surface area contributed by atoms with Gasteiger partial charge in [0, 0.05) is 24.3 Å². The molecule has 1 saturated heterocycles. The highest BCUT2D eigenvalue weighted by atomic mass is 32.2. The van der Waals surface area contributed by atoms with Gasteiger partial charge in [-0.3, -0.25) is 4.79 Å². The lowest BCUT2D eigenvalue weighted by atomic mass is 10.2. The van der Waals surface area contributed by atoms with E-state index in [-0.39, 0.29) is 41.0 Å². The minimum atomic E-state index is -3.74. The number of aryl methyl sites for hydroxylation is 2. The predicted octanol–water partition coefficient (Wildman–Crippen LogP) is 2.77. The first kappa shape index (κ1) is 24.6. The summed E-state index contributed by atoms with van der Waals surface area (Å²) in [5.74, 6) is -0.886. The quantitative estimate of drug-likeness (QED) is 0.492. The second-order valence-electron chi connectivity index (χ2n) is 7.91. The van der Waals surface area contributed by atoms with Crippen LogP contribution in [0.2, 0.25) is 0 Å². The van der Waals surface area contributed by atoms with Crippen LogP contribution in [-0.2, 0) is 24.3 Å². The van der Waals surface area contributed by atoms with Gasteiger partial charge in [-0.2, -0.15) is 4.31 Å². The molecule has 2 aromatic carbocycles. The fourth-order valence-electron chi connectivity index (χ4n) is 3.57. The van der Waals surface area contributed by atoms with E-state index in [1.165, 1.54) is 10.4 Å². The SMILES string of the molecule is Cc1ccc(NC(=O)COC(=O)c2nc(-c3ccccc3)oc2C)cc1S(=O)(=O)N1CCOCC1. The number of rotatable bonds is 7. The molecule has 1 N–H and O–H groups in total. The van der Waals surface area contributed by atoms with Crippen LogP contribution in [0.3, 0.4) is 0 Å². The molecule has 0 unspecified atom stereocenters. The summed E-state index contributed by atoms with van der Waals surface area (Å²) >= 11 is 0. The normalized spacial score (nSPS) is 14.5. The molecule has 10 nitrogen and oxygen atoms in total. The Morgan fingerprint density at radius 3 is 2.51 bits per heavy atom. The fraction of sp³-hybridized carbons (Fsp3) is 0.292. The molecular formula is C24H25N3O7S. The van der Waals surface area contributed by atoms with Gasteiger partial charge in [0.15, 0.2) is 12.3 Å². The number of carbonyl (C=O) groups excluding carboxylic acids is 2. The van der Waals surface area contributed by atoms with E-state index in [0.717, 1.165) is 0 Å². The van der Waals surface area contributed by atoms with Crippen molar-refractivity contribution in [3.05, 3.63) is 65.5 Å². The highest BCUT2D eigenvalue weighted by molar-refractivity contribution is 7.89. The molecule has 1 aliphatic heterocycles. The van der Waals surface area contributed by atoms with Crippen molar-refractivity contribution in [1.29, 1.82) is 0 Å². The third-order valence-electron chi connectivity index (χ3n) is 5.40. The van der Waals surface area contributed by atoms with Crippen LogP contribution in [0, 0.1) is 13.8 Å². The lowest BCUT2D eigenvalue weighted by molar-refractivity contribution is -0.119. The van der Waals surface area contributed by atoms with E-state index in [1.54, 1.807) is 38.1 Å². The lowest BCUT2D eigenvalue weighted by Crippen LogP contribution is -2.40. The Labute approximate surface area is 202 Å². The largest absolute Gasteiger partial charge is 0.451 e. The van der Waals surface area contributed by atoms with Crippen LogP contribution in [0.4, 0.5) is 5.69 Å². The Hall–Kier alpha value is -3.54. The number of oxazole rings is 1. The van der Waals surface area contributed by atoms with Gasteiger partial charge >= 0.3 is 5.97 Å². The summed E-state index contributed by atoms with van der Waals surface area (Å²) in [6.07, 6.45) is 0. The first-order valence-electron chi connectivity index (χ1n) is 10.9. The van der Waals surface area contributed by atoms with Gasteiger partial charge in [-0.15, -0.1) is 0 Å². The number of hydrogen-bond donors (Lipinski definition) is 1. The molecule has 0 atom stereocenters. The number of aromatic nitrogens is 1. The van der Waals surface area contributed by atoms with Crippen LogP contribution in [0.5, 0.6) is 0 Å². The zero-order valence-electron chi connectivity index (χ0n) is 19.3. The number of sulfonamides is 1. The van der Waals surface area contributed by atoms with Crippen molar-refractivity contribution in [2.24, 2.45) is 0 Å². The molecule has 11 heteroatoms. The van der Waals surface area contributed by atoms with Crippen LogP contribution >= 0.6 is 0 Å². The monoisotopic (exact) mass is 499 g/mol. The molecule has 2 heterocycles. The van der Waals surface area contributed by atoms with Gasteiger partial charge in [0.2, 0.25) is 15.9 Å². The van der Waals surface area contributed by atoms with Crippen molar-refractivity contribution in [3.63, 3.8) is 0 Å². The summed E-state index contributed by atoms with van der Waals surface area (Å²) < 4.78 is 43.3. The standard InChI is InChI=1S/C24H25N3O7S/c1-16-8-9-19(14-20(16)35(30,31)27-10-12-32-13-11-27)25-21(28)15-33-24(29)22-17(2)34-23(26-22)18-6-4-3-5-7-18/h3-9,14H,10-13,15H2,1-2H3,(H,25,28). The maximum atomic E-state index is 13.0. The van der Waals surface area contributed by atoms with Crippen molar-refractivity contribution >= 4 is 27.6 Å². The average molecular weight is 500 g/mol. The van der Waals surface area contributed by atoms with Crippen LogP contribution in [0.1, 0.15) is 21.8 Å². The van der Waals surface area contributed by atoms with Crippen LogP contribution in [0.15, 0.2) is 57.8 Å². The molecule has 0 saturated carbocycles. The van der Waals surface area contributed by atoms with Crippen molar-refractivity contribution in [2.45, 2.75) is 18.7 Å². The Morgan fingerprint density at radius 1 is 1.09 bits per heavy atom. The Bertz CT molecular complexity index is 1330. The van der Waals surface area contributed by atoms with Crippen LogP contribution in [-0.4, -0.2) is 62.5 Å². The molecule has 0 radical (unpaired) electrons. The Balaban J connectivity index is 1.40. The number of anilines is 1. The zero-order valence-corrected chi connectivity index (χ0v) is 20.1. The molecule has 1 fully saturated rings. The number of carbonyl (C=O) groups is 2. The highest BCUT2D eigenvalue weighted by Gasteiger charge is 2.28. The summed E-state index contributed by atoms with van der Waals surface area (Å²) in [5.41, 5.74) is 1.50. The van der Waals surface area contributed by atoms with Gasteiger partial charge in [-0.1, -0.05) is 24.3 Å². The topological polar surface area (TPSA) is 128 Å². The van der Waals surface area contributed by atoms with Crippen molar-refractivity contribution in [2.75, 3.05) is 38.2 Å². The average Bonchev–Trinajstić information content (AvgIpc) is 3.26. The van der Waals surface area contributed by atoms with Gasteiger partial charge in [0.1, 0.15) is 5.76 Å². The van der Waals surface area contributed by atoms with Crippen LogP contribution in [0.25, 0.3) is 11.5 Å². The molecule has 1 amide bonds. The molecule has 0 bridgehead atoms. The fourth-order valence-corrected chi connectivity index (χ4v) is 5.23. The third kappa shape index (κ3) is 5.59.